The number of amides is 9. The number of nitrogens with one attached hydrogen (secondary N) is 7. The number of likely N-dealkylation sites (tertiary alicyclic amines) is 1. The van der Waals surface area contributed by atoms with Crippen molar-refractivity contribution < 1.29 is 68.4 Å². The van der Waals surface area contributed by atoms with E-state index in [0.717, 1.165) is 0 Å². The molecular weight excluding hydrogens is 862 g/mol. The molecule has 27 nitrogen and oxygen atoms in total. The lowest BCUT2D eigenvalue weighted by atomic mass is 10.0. The van der Waals surface area contributed by atoms with Crippen molar-refractivity contribution in [1.82, 2.24) is 42.1 Å². The molecular formula is C38H69N13O14. The van der Waals surface area contributed by atoms with Gasteiger partial charge in [-0.15, -0.1) is 0 Å². The van der Waals surface area contributed by atoms with Crippen LogP contribution in [-0.2, 0) is 47.9 Å². The maximum Gasteiger partial charge on any atom is 0.305 e. The van der Waals surface area contributed by atoms with Gasteiger partial charge in [0.15, 0.2) is 0 Å². The van der Waals surface area contributed by atoms with Crippen LogP contribution in [0.3, 0.4) is 0 Å². The Morgan fingerprint density at radius 2 is 0.908 bits per heavy atom. The van der Waals surface area contributed by atoms with Crippen molar-refractivity contribution in [2.75, 3.05) is 52.5 Å². The van der Waals surface area contributed by atoms with Gasteiger partial charge in [0.25, 0.3) is 0 Å². The number of carboxylic acids is 1. The van der Waals surface area contributed by atoms with E-state index in [-0.39, 0.29) is 58.3 Å². The van der Waals surface area contributed by atoms with Gasteiger partial charge < -0.3 is 91.2 Å². The molecule has 0 radical (unpaired) electrons. The molecule has 0 aromatic rings. The average molecular weight is 932 g/mol. The molecule has 8 atom stereocenters. The number of carboxylic acid groups (broad SMARTS) is 1. The molecule has 1 aliphatic heterocycles. The lowest BCUT2D eigenvalue weighted by Gasteiger charge is -2.31. The number of nitrogens with zero attached hydrogens (tertiary/aromatic N) is 1. The van der Waals surface area contributed by atoms with Crippen molar-refractivity contribution in [2.45, 2.75) is 125 Å². The van der Waals surface area contributed by atoms with Crippen LogP contribution in [0.2, 0.25) is 0 Å². The van der Waals surface area contributed by atoms with Crippen LogP contribution in [0.5, 0.6) is 0 Å². The number of rotatable bonds is 33. The molecule has 21 N–H and O–H groups in total. The standard InChI is InChI=1S/C38H69N13O14/c39-12-4-1-8-21(45-35(62)26(19-53)50-34(61)25(18-52)44-29(55)17-42)33(60)49-27(20-54)36(63)47-23(10-3-6-14-41)38(65)51-15-7-11-28(51)37(64)46-22(9-2-5-13-40)32(59)48-24(31(43)58)16-30(56)57/h21-28,52-54H,1-20,39-42H2,(H2,43,58)(H,44,55)(H,45,62)(H,46,64)(H,47,63)(H,48,59)(H,49,60)(H,50,61)(H,56,57). The largest absolute Gasteiger partial charge is 0.481 e. The van der Waals surface area contributed by atoms with Gasteiger partial charge in [-0.25, -0.2) is 0 Å². The quantitative estimate of drug-likeness (QED) is 0.0272. The van der Waals surface area contributed by atoms with Gasteiger partial charge in [0.2, 0.25) is 53.2 Å². The van der Waals surface area contributed by atoms with Gasteiger partial charge in [-0.1, -0.05) is 0 Å². The third kappa shape index (κ3) is 20.4. The topological polar surface area (TPSA) is 469 Å². The van der Waals surface area contributed by atoms with E-state index in [2.05, 4.69) is 37.2 Å². The van der Waals surface area contributed by atoms with E-state index >= 15 is 0 Å². The van der Waals surface area contributed by atoms with Crippen molar-refractivity contribution in [3.05, 3.63) is 0 Å². The Balaban J connectivity index is 3.27. The lowest BCUT2D eigenvalue weighted by molar-refractivity contribution is -0.143. The summed E-state index contributed by atoms with van der Waals surface area (Å²) < 4.78 is 0. The van der Waals surface area contributed by atoms with E-state index in [1.54, 1.807) is 0 Å². The summed E-state index contributed by atoms with van der Waals surface area (Å²) in [6, 6.07) is -11.6. The molecule has 1 saturated heterocycles. The van der Waals surface area contributed by atoms with Crippen LogP contribution < -0.4 is 65.9 Å². The summed E-state index contributed by atoms with van der Waals surface area (Å²) in [7, 11) is 0. The fraction of sp³-hybridized carbons (Fsp3) is 0.737. The summed E-state index contributed by atoms with van der Waals surface area (Å²) in [4.78, 5) is 130. The molecule has 0 aromatic carbocycles. The number of hydrogen-bond acceptors (Lipinski definition) is 17. The molecule has 1 heterocycles. The highest BCUT2D eigenvalue weighted by Crippen LogP contribution is 2.21. The maximum atomic E-state index is 14.2. The van der Waals surface area contributed by atoms with Gasteiger partial charge >= 0.3 is 5.97 Å². The maximum absolute atomic E-state index is 14.2. The van der Waals surface area contributed by atoms with Crippen molar-refractivity contribution in [3.63, 3.8) is 0 Å². The SMILES string of the molecule is NCCCCC(NC(=O)C(CO)NC(=O)C(CO)NC(=O)CN)C(=O)NC(CO)C(=O)NC(CCCCN)C(=O)N1CCCC1C(=O)NC(CCCCN)C(=O)NC(CC(=O)O)C(N)=O. The minimum atomic E-state index is -1.69. The number of aliphatic hydroxyl groups is 3. The second-order valence-corrected chi connectivity index (χ2v) is 15.3. The zero-order valence-corrected chi connectivity index (χ0v) is 36.5. The monoisotopic (exact) mass is 932 g/mol. The Labute approximate surface area is 375 Å². The highest BCUT2D eigenvalue weighted by Gasteiger charge is 2.40. The number of unbranched alkanes of at least 4 members (excludes halogenated alkanes) is 3. The average Bonchev–Trinajstić information content (AvgIpc) is 3.77. The molecule has 370 valence electrons. The number of carbonyl (C=O) groups is 10. The van der Waals surface area contributed by atoms with Crippen LogP contribution in [0.15, 0.2) is 0 Å². The minimum absolute atomic E-state index is 0.0139. The zero-order chi connectivity index (χ0) is 49.1. The van der Waals surface area contributed by atoms with Crippen molar-refractivity contribution in [1.29, 1.82) is 0 Å². The van der Waals surface area contributed by atoms with Gasteiger partial charge in [-0.05, 0) is 90.3 Å². The van der Waals surface area contributed by atoms with E-state index in [4.69, 9.17) is 33.8 Å². The van der Waals surface area contributed by atoms with Crippen molar-refractivity contribution in [2.24, 2.45) is 28.7 Å². The van der Waals surface area contributed by atoms with Crippen LogP contribution in [0.25, 0.3) is 0 Å². The van der Waals surface area contributed by atoms with Gasteiger partial charge in [0, 0.05) is 6.54 Å². The van der Waals surface area contributed by atoms with Gasteiger partial charge in [-0.3, -0.25) is 47.9 Å². The first-order valence-corrected chi connectivity index (χ1v) is 21.5. The molecule has 0 saturated carbocycles. The molecule has 0 aromatic heterocycles. The molecule has 1 fully saturated rings. The van der Waals surface area contributed by atoms with E-state index in [1.165, 1.54) is 4.90 Å². The Morgan fingerprint density at radius 3 is 1.32 bits per heavy atom. The van der Waals surface area contributed by atoms with Crippen LogP contribution in [0.1, 0.15) is 77.0 Å². The highest BCUT2D eigenvalue weighted by atomic mass is 16.4. The van der Waals surface area contributed by atoms with Crippen molar-refractivity contribution >= 4 is 59.1 Å². The lowest BCUT2D eigenvalue weighted by Crippen LogP contribution is -2.61. The Hall–Kier alpha value is -5.58. The van der Waals surface area contributed by atoms with E-state index in [1.807, 2.05) is 0 Å². The van der Waals surface area contributed by atoms with Gasteiger partial charge in [-0.2, -0.15) is 0 Å². The van der Waals surface area contributed by atoms with Crippen LogP contribution in [-0.4, -0.2) is 185 Å². The van der Waals surface area contributed by atoms with Crippen LogP contribution >= 0.6 is 0 Å². The van der Waals surface area contributed by atoms with Gasteiger partial charge in [0.1, 0.15) is 48.3 Å². The molecule has 0 bridgehead atoms. The fourth-order valence-electron chi connectivity index (χ4n) is 6.64. The molecule has 1 rings (SSSR count). The van der Waals surface area contributed by atoms with Crippen LogP contribution in [0.4, 0.5) is 0 Å². The summed E-state index contributed by atoms with van der Waals surface area (Å²) >= 11 is 0. The normalized spacial score (nSPS) is 16.6. The molecule has 27 heteroatoms. The third-order valence-electron chi connectivity index (χ3n) is 10.2. The Morgan fingerprint density at radius 1 is 0.523 bits per heavy atom. The number of carbonyl (C=O) groups excluding carboxylic acids is 9. The first-order chi connectivity index (χ1) is 30.9. The fourth-order valence-corrected chi connectivity index (χ4v) is 6.64. The summed E-state index contributed by atoms with van der Waals surface area (Å²) in [6.45, 7) is -2.57. The smallest absolute Gasteiger partial charge is 0.305 e. The summed E-state index contributed by atoms with van der Waals surface area (Å²) in [5, 5.41) is 55.2. The summed E-state index contributed by atoms with van der Waals surface area (Å²) in [5.41, 5.74) is 27.4. The second-order valence-electron chi connectivity index (χ2n) is 15.3. The van der Waals surface area contributed by atoms with E-state index < -0.39 is 140 Å². The van der Waals surface area contributed by atoms with Crippen molar-refractivity contribution in [3.8, 4) is 0 Å². The van der Waals surface area contributed by atoms with Crippen LogP contribution in [0, 0.1) is 0 Å². The summed E-state index contributed by atoms with van der Waals surface area (Å²) in [6.07, 6.45) is 1.93. The molecule has 65 heavy (non-hydrogen) atoms. The summed E-state index contributed by atoms with van der Waals surface area (Å²) in [5.74, 6) is -9.76. The number of aliphatic carboxylic acids is 1. The second kappa shape index (κ2) is 31.3. The third-order valence-corrected chi connectivity index (χ3v) is 10.2. The first kappa shape index (κ1) is 57.4. The zero-order valence-electron chi connectivity index (χ0n) is 36.5. The first-order valence-electron chi connectivity index (χ1n) is 21.5. The van der Waals surface area contributed by atoms with E-state index in [9.17, 15) is 63.3 Å². The molecule has 1 aliphatic rings. The minimum Gasteiger partial charge on any atom is -0.481 e. The number of aliphatic hydroxyl groups excluding tert-OH is 3. The van der Waals surface area contributed by atoms with E-state index in [0.29, 0.717) is 38.5 Å². The highest BCUT2D eigenvalue weighted by molar-refractivity contribution is 5.98. The number of nitrogens with two attached hydrogens (primary N) is 5. The molecule has 0 aliphatic carbocycles. The molecule has 9 amide bonds. The molecule has 0 spiro atoms. The predicted octanol–water partition coefficient (Wildman–Crippen LogP) is -8.35. The van der Waals surface area contributed by atoms with Gasteiger partial charge in [0.05, 0.1) is 32.8 Å². The number of primary amides is 1. The molecule has 8 unspecified atom stereocenters. The Kier molecular flexibility index (Phi) is 27.7. The Bertz CT molecular complexity index is 1610. The number of hydrogen-bond donors (Lipinski definition) is 16. The predicted molar refractivity (Wildman–Crippen MR) is 229 cm³/mol.